The van der Waals surface area contributed by atoms with Crippen LogP contribution in [0.15, 0.2) is 78.7 Å². The molecule has 0 aliphatic carbocycles. The van der Waals surface area contributed by atoms with Crippen molar-refractivity contribution in [3.05, 3.63) is 96.0 Å². The van der Waals surface area contributed by atoms with Crippen LogP contribution >= 0.6 is 11.3 Å². The Labute approximate surface area is 311 Å². The number of aliphatic hydroxyl groups excluding tert-OH is 1. The fraction of sp³-hybridized carbons (Fsp3) is 0.419. The zero-order chi connectivity index (χ0) is 35.0. The smallest absolute Gasteiger partial charge is 0.162 e. The molecule has 4 nitrogen and oxygen atoms in total. The second-order valence-electron chi connectivity index (χ2n) is 14.2. The Kier molecular flexibility index (Phi) is 14.9. The van der Waals surface area contributed by atoms with Gasteiger partial charge < -0.3 is 5.11 Å². The van der Waals surface area contributed by atoms with Crippen LogP contribution in [-0.2, 0) is 36.7 Å². The monoisotopic (exact) mass is 854 g/mol. The van der Waals surface area contributed by atoms with Gasteiger partial charge in [-0.25, -0.2) is 0 Å². The number of benzene rings is 2. The van der Waals surface area contributed by atoms with E-state index >= 15 is 0 Å². The molecule has 5 rings (SSSR count). The second-order valence-corrected chi connectivity index (χ2v) is 15.3. The molecule has 0 aliphatic rings. The number of thiophene rings is 1. The number of carbonyl (C=O) groups is 1. The van der Waals surface area contributed by atoms with Crippen LogP contribution in [-0.4, -0.2) is 20.9 Å². The first kappa shape index (κ1) is 40.3. The summed E-state index contributed by atoms with van der Waals surface area (Å²) in [5.74, 6) is 1.15. The third-order valence-corrected chi connectivity index (χ3v) is 10.2. The summed E-state index contributed by atoms with van der Waals surface area (Å²) in [7, 11) is 0. The fourth-order valence-electron chi connectivity index (χ4n) is 6.14. The molecule has 49 heavy (non-hydrogen) atoms. The summed E-state index contributed by atoms with van der Waals surface area (Å²) in [6.07, 6.45) is 7.82. The molecular weight excluding hydrogens is 801 g/mol. The first-order valence-electron chi connectivity index (χ1n) is 17.6. The van der Waals surface area contributed by atoms with Crippen molar-refractivity contribution in [2.75, 3.05) is 0 Å². The normalized spacial score (nSPS) is 12.0. The Morgan fingerprint density at radius 2 is 1.59 bits per heavy atom. The largest absolute Gasteiger partial charge is 0.512 e. The number of rotatable bonds is 11. The predicted octanol–water partition coefficient (Wildman–Crippen LogP) is 12.3. The van der Waals surface area contributed by atoms with E-state index in [-0.39, 0.29) is 48.9 Å². The number of hydrogen-bond donors (Lipinski definition) is 1. The summed E-state index contributed by atoms with van der Waals surface area (Å²) in [5, 5.41) is 12.2. The zero-order valence-corrected chi connectivity index (χ0v) is 33.9. The van der Waals surface area contributed by atoms with E-state index in [2.05, 4.69) is 101 Å². The number of ketones is 1. The van der Waals surface area contributed by atoms with E-state index in [1.807, 2.05) is 33.9 Å². The topological polar surface area (TPSA) is 63.1 Å². The maximum absolute atomic E-state index is 11.7. The number of aliphatic hydroxyl groups is 1. The molecule has 5 aromatic rings. The van der Waals surface area contributed by atoms with E-state index in [1.54, 1.807) is 11.3 Å². The number of pyridine rings is 2. The number of carbonyl (C=O) groups excluding carboxylic acids is 1. The summed E-state index contributed by atoms with van der Waals surface area (Å²) in [5.41, 5.74) is 6.77. The fourth-order valence-corrected chi connectivity index (χ4v) is 7.14. The quantitative estimate of drug-likeness (QED) is 0.0817. The van der Waals surface area contributed by atoms with Crippen molar-refractivity contribution in [3.63, 3.8) is 0 Å². The van der Waals surface area contributed by atoms with E-state index in [1.165, 1.54) is 32.2 Å². The van der Waals surface area contributed by atoms with Gasteiger partial charge in [-0.3, -0.25) is 14.8 Å². The van der Waals surface area contributed by atoms with Gasteiger partial charge in [0, 0.05) is 60.5 Å². The van der Waals surface area contributed by atoms with Crippen molar-refractivity contribution in [2.45, 2.75) is 99.8 Å². The molecule has 0 saturated heterocycles. The van der Waals surface area contributed by atoms with Crippen LogP contribution in [0.3, 0.4) is 0 Å². The SMILES string of the molecule is CC(C)Cc1ccc2sc(-c3ccnc(-c4[c-]c5ccccc5c(C(C)(C)C)c4)c3)cc2n1.CCC(CC)C(=O)/C=C(\O)C(CC)CC.[Ir]. The van der Waals surface area contributed by atoms with E-state index < -0.39 is 0 Å². The summed E-state index contributed by atoms with van der Waals surface area (Å²) in [4.78, 5) is 22.6. The Hall–Kier alpha value is -3.18. The predicted molar refractivity (Wildman–Crippen MR) is 206 cm³/mol. The number of fused-ring (bicyclic) bond motifs is 2. The molecule has 0 bridgehead atoms. The van der Waals surface area contributed by atoms with Gasteiger partial charge in [-0.2, -0.15) is 0 Å². The van der Waals surface area contributed by atoms with Gasteiger partial charge in [0.2, 0.25) is 0 Å². The van der Waals surface area contributed by atoms with Crippen LogP contribution in [0.4, 0.5) is 0 Å². The molecule has 2 aromatic carbocycles. The molecule has 0 unspecified atom stereocenters. The van der Waals surface area contributed by atoms with Crippen molar-refractivity contribution in [1.29, 1.82) is 0 Å². The molecule has 0 fully saturated rings. The molecule has 3 aromatic heterocycles. The first-order chi connectivity index (χ1) is 22.9. The molecule has 1 N–H and O–H groups in total. The van der Waals surface area contributed by atoms with Crippen LogP contribution in [0.1, 0.15) is 99.3 Å². The first-order valence-corrected chi connectivity index (χ1v) is 18.5. The number of nitrogens with zero attached hydrogens (tertiary/aromatic N) is 2. The van der Waals surface area contributed by atoms with Crippen LogP contribution in [0.2, 0.25) is 0 Å². The van der Waals surface area contributed by atoms with E-state index in [4.69, 9.17) is 9.97 Å². The molecule has 6 heteroatoms. The Morgan fingerprint density at radius 3 is 2.22 bits per heavy atom. The maximum Gasteiger partial charge on any atom is 0.162 e. The number of hydrogen-bond acceptors (Lipinski definition) is 5. The van der Waals surface area contributed by atoms with E-state index in [0.717, 1.165) is 60.0 Å². The van der Waals surface area contributed by atoms with Gasteiger partial charge in [0.25, 0.3) is 0 Å². The molecule has 0 spiro atoms. The van der Waals surface area contributed by atoms with E-state index in [9.17, 15) is 9.90 Å². The van der Waals surface area contributed by atoms with Gasteiger partial charge in [0.1, 0.15) is 0 Å². The second kappa shape index (κ2) is 18.2. The molecule has 0 amide bonds. The minimum absolute atomic E-state index is 0. The molecule has 1 radical (unpaired) electrons. The molecule has 0 aliphatic heterocycles. The number of aromatic nitrogens is 2. The summed E-state index contributed by atoms with van der Waals surface area (Å²) >= 11 is 1.79. The Bertz CT molecular complexity index is 1860. The Morgan fingerprint density at radius 1 is 0.918 bits per heavy atom. The van der Waals surface area contributed by atoms with Gasteiger partial charge in [-0.05, 0) is 73.3 Å². The third-order valence-electron chi connectivity index (χ3n) is 9.03. The van der Waals surface area contributed by atoms with Crippen molar-refractivity contribution in [1.82, 2.24) is 9.97 Å². The van der Waals surface area contributed by atoms with Crippen LogP contribution in [0.5, 0.6) is 0 Å². The van der Waals surface area contributed by atoms with Crippen LogP contribution in [0, 0.1) is 23.8 Å². The summed E-state index contributed by atoms with van der Waals surface area (Å²) < 4.78 is 1.23. The van der Waals surface area contributed by atoms with Gasteiger partial charge >= 0.3 is 0 Å². The minimum Gasteiger partial charge on any atom is -0.512 e. The summed E-state index contributed by atoms with van der Waals surface area (Å²) in [6.45, 7) is 19.3. The average molecular weight is 854 g/mol. The zero-order valence-electron chi connectivity index (χ0n) is 30.7. The minimum atomic E-state index is 0. The summed E-state index contributed by atoms with van der Waals surface area (Å²) in [6, 6.07) is 25.3. The van der Waals surface area contributed by atoms with Crippen molar-refractivity contribution in [3.8, 4) is 21.7 Å². The Balaban J connectivity index is 0.000000347. The van der Waals surface area contributed by atoms with Gasteiger partial charge in [-0.1, -0.05) is 97.5 Å². The van der Waals surface area contributed by atoms with Crippen molar-refractivity contribution in [2.24, 2.45) is 17.8 Å². The third kappa shape index (κ3) is 10.4. The van der Waals surface area contributed by atoms with Crippen LogP contribution in [0.25, 0.3) is 42.7 Å². The van der Waals surface area contributed by atoms with Gasteiger partial charge in [-0.15, -0.1) is 40.5 Å². The van der Waals surface area contributed by atoms with Gasteiger partial charge in [0.15, 0.2) is 5.78 Å². The molecule has 0 saturated carbocycles. The van der Waals surface area contributed by atoms with Crippen molar-refractivity contribution >= 4 is 38.1 Å². The maximum atomic E-state index is 11.7. The molecule has 263 valence electrons. The van der Waals surface area contributed by atoms with Crippen molar-refractivity contribution < 1.29 is 30.0 Å². The average Bonchev–Trinajstić information content (AvgIpc) is 3.49. The number of allylic oxidation sites excluding steroid dienone is 2. The van der Waals surface area contributed by atoms with Crippen LogP contribution < -0.4 is 0 Å². The molecular formula is C43H53IrN2O2S-. The standard InChI is InChI=1S/C30H29N2S.C13H24O2.Ir/c1-19(2)14-23-10-11-28-27(32-23)18-29(33-28)21-12-13-31-26(17-21)22-15-20-8-6-7-9-24(20)25(16-22)30(3,4)5;1-5-10(6-2)12(14)9-13(15)11(7-3)8-4;/h6-13,16-19H,14H2,1-5H3;9-11,14H,5-8H2,1-4H3;/q-1;;/b;12-9-;. The van der Waals surface area contributed by atoms with Gasteiger partial charge in [0.05, 0.1) is 16.0 Å². The molecule has 3 heterocycles. The molecule has 0 atom stereocenters. The van der Waals surface area contributed by atoms with E-state index in [0.29, 0.717) is 5.92 Å².